The number of halogens is 2. The molecule has 6 heteroatoms. The van der Waals surface area contributed by atoms with Crippen molar-refractivity contribution < 1.29 is 0 Å². The molecule has 1 heterocycles. The van der Waals surface area contributed by atoms with Crippen molar-refractivity contribution in [3.8, 4) is 0 Å². The molecule has 0 unspecified atom stereocenters. The molecule has 10 heavy (non-hydrogen) atoms. The number of hydrogen-bond acceptors (Lipinski definition) is 4. The average molecular weight is 183 g/mol. The lowest BCUT2D eigenvalue weighted by Crippen LogP contribution is -2.06. The van der Waals surface area contributed by atoms with Crippen LogP contribution in [0.5, 0.6) is 0 Å². The van der Waals surface area contributed by atoms with Gasteiger partial charge in [-0.05, 0) is 0 Å². The molecule has 0 saturated heterocycles. The van der Waals surface area contributed by atoms with Crippen molar-refractivity contribution in [1.29, 1.82) is 0 Å². The summed E-state index contributed by atoms with van der Waals surface area (Å²) in [7, 11) is 0. The predicted octanol–water partition coefficient (Wildman–Crippen LogP) is 0.606. The largest absolute Gasteiger partial charge is 0.321 e. The molecule has 0 aliphatic rings. The Balaban J connectivity index is 0. The average Bonchev–Trinajstić information content (AvgIpc) is 1.90. The van der Waals surface area contributed by atoms with Crippen molar-refractivity contribution in [1.82, 2.24) is 9.97 Å². The second-order valence-corrected chi connectivity index (χ2v) is 1.27. The number of hydrazine groups is 1. The van der Waals surface area contributed by atoms with Crippen LogP contribution in [0.2, 0.25) is 0 Å². The molecule has 1 rings (SSSR count). The third kappa shape index (κ3) is 3.45. The first-order valence-corrected chi connectivity index (χ1v) is 2.15. The van der Waals surface area contributed by atoms with E-state index in [9.17, 15) is 0 Å². The van der Waals surface area contributed by atoms with Gasteiger partial charge in [-0.25, -0.2) is 9.97 Å². The summed E-state index contributed by atoms with van der Waals surface area (Å²) < 4.78 is 0. The van der Waals surface area contributed by atoms with E-state index < -0.39 is 0 Å². The van der Waals surface area contributed by atoms with E-state index in [2.05, 4.69) is 15.4 Å². The fourth-order valence-corrected chi connectivity index (χ4v) is 0.374. The number of nitrogens with zero attached hydrogens (tertiary/aromatic N) is 2. The van der Waals surface area contributed by atoms with Gasteiger partial charge in [-0.1, -0.05) is 0 Å². The van der Waals surface area contributed by atoms with Crippen molar-refractivity contribution in [3.63, 3.8) is 0 Å². The maximum absolute atomic E-state index is 5.02. The Bertz CT molecular complexity index is 157. The molecule has 0 bridgehead atoms. The fraction of sp³-hybridized carbons (Fsp3) is 0. The van der Waals surface area contributed by atoms with Crippen molar-refractivity contribution in [3.05, 3.63) is 18.7 Å². The highest BCUT2D eigenvalue weighted by Gasteiger charge is 1.80. The topological polar surface area (TPSA) is 63.8 Å². The summed E-state index contributed by atoms with van der Waals surface area (Å²) in [6, 6.07) is 0. The van der Waals surface area contributed by atoms with Crippen LogP contribution < -0.4 is 11.3 Å². The number of hydrogen-bond donors (Lipinski definition) is 2. The quantitative estimate of drug-likeness (QED) is 0.494. The first-order chi connectivity index (χ1) is 3.93. The summed E-state index contributed by atoms with van der Waals surface area (Å²) in [5, 5.41) is 0. The highest BCUT2D eigenvalue weighted by Crippen LogP contribution is 1.94. The van der Waals surface area contributed by atoms with Gasteiger partial charge in [0.15, 0.2) is 0 Å². The Morgan fingerprint density at radius 1 is 1.20 bits per heavy atom. The lowest BCUT2D eigenvalue weighted by molar-refractivity contribution is 1.15. The van der Waals surface area contributed by atoms with Gasteiger partial charge in [-0.15, -0.1) is 24.8 Å². The van der Waals surface area contributed by atoms with Crippen LogP contribution >= 0.6 is 24.8 Å². The predicted molar refractivity (Wildman–Crippen MR) is 44.3 cm³/mol. The molecule has 0 aliphatic carbocycles. The zero-order valence-electron chi connectivity index (χ0n) is 5.02. The van der Waals surface area contributed by atoms with Gasteiger partial charge in [0, 0.05) is 0 Å². The minimum Gasteiger partial charge on any atom is -0.321 e. The lowest BCUT2D eigenvalue weighted by atomic mass is 10.6. The van der Waals surface area contributed by atoms with Gasteiger partial charge in [-0.2, -0.15) is 0 Å². The molecule has 0 aromatic carbocycles. The minimum absolute atomic E-state index is 0. The van der Waals surface area contributed by atoms with E-state index in [0.717, 1.165) is 0 Å². The van der Waals surface area contributed by atoms with Crippen molar-refractivity contribution in [2.24, 2.45) is 5.84 Å². The normalized spacial score (nSPS) is 6.90. The van der Waals surface area contributed by atoms with Gasteiger partial charge in [0.05, 0.1) is 18.1 Å². The minimum atomic E-state index is 0. The van der Waals surface area contributed by atoms with E-state index in [-0.39, 0.29) is 24.8 Å². The summed E-state index contributed by atoms with van der Waals surface area (Å²) in [6.45, 7) is 0. The third-order valence-corrected chi connectivity index (χ3v) is 0.727. The molecular formula is C4H8Cl2N4. The summed E-state index contributed by atoms with van der Waals surface area (Å²) in [5.41, 5.74) is 3.12. The SMILES string of the molecule is Cl.Cl.NNc1cncnc1. The van der Waals surface area contributed by atoms with Gasteiger partial charge in [-0.3, -0.25) is 5.84 Å². The highest BCUT2D eigenvalue weighted by atomic mass is 35.5. The molecule has 0 atom stereocenters. The second-order valence-electron chi connectivity index (χ2n) is 1.27. The van der Waals surface area contributed by atoms with Crippen molar-refractivity contribution in [2.45, 2.75) is 0 Å². The van der Waals surface area contributed by atoms with E-state index in [1.165, 1.54) is 6.33 Å². The van der Waals surface area contributed by atoms with E-state index in [1.807, 2.05) is 0 Å². The molecule has 4 nitrogen and oxygen atoms in total. The van der Waals surface area contributed by atoms with Gasteiger partial charge in [0.25, 0.3) is 0 Å². The smallest absolute Gasteiger partial charge is 0.115 e. The van der Waals surface area contributed by atoms with Crippen LogP contribution in [0.25, 0.3) is 0 Å². The number of rotatable bonds is 1. The Morgan fingerprint density at radius 2 is 1.70 bits per heavy atom. The van der Waals surface area contributed by atoms with E-state index in [4.69, 9.17) is 5.84 Å². The summed E-state index contributed by atoms with van der Waals surface area (Å²) in [6.07, 6.45) is 4.63. The Hall–Kier alpha value is -0.580. The fourth-order valence-electron chi connectivity index (χ4n) is 0.374. The van der Waals surface area contributed by atoms with Crippen LogP contribution in [0.4, 0.5) is 5.69 Å². The van der Waals surface area contributed by atoms with Crippen molar-refractivity contribution >= 4 is 30.5 Å². The second kappa shape index (κ2) is 6.54. The van der Waals surface area contributed by atoms with Crippen LogP contribution in [0.1, 0.15) is 0 Å². The van der Waals surface area contributed by atoms with Crippen LogP contribution in [-0.2, 0) is 0 Å². The molecule has 0 saturated carbocycles. The monoisotopic (exact) mass is 182 g/mol. The van der Waals surface area contributed by atoms with Gasteiger partial charge >= 0.3 is 0 Å². The van der Waals surface area contributed by atoms with Crippen LogP contribution in [-0.4, -0.2) is 9.97 Å². The number of nitrogens with one attached hydrogen (secondary N) is 1. The molecule has 1 aromatic heterocycles. The molecule has 0 radical (unpaired) electrons. The van der Waals surface area contributed by atoms with Crippen LogP contribution in [0, 0.1) is 0 Å². The summed E-state index contributed by atoms with van der Waals surface area (Å²) in [4.78, 5) is 7.40. The molecule has 0 spiro atoms. The third-order valence-electron chi connectivity index (χ3n) is 0.727. The first-order valence-electron chi connectivity index (χ1n) is 2.15. The lowest BCUT2D eigenvalue weighted by Gasteiger charge is -1.92. The zero-order valence-corrected chi connectivity index (χ0v) is 6.65. The maximum Gasteiger partial charge on any atom is 0.115 e. The van der Waals surface area contributed by atoms with E-state index in [1.54, 1.807) is 12.4 Å². The summed E-state index contributed by atoms with van der Waals surface area (Å²) >= 11 is 0. The number of nitrogen functional groups attached to an aromatic ring is 1. The number of nitrogens with two attached hydrogens (primary N) is 1. The van der Waals surface area contributed by atoms with Crippen LogP contribution in [0.15, 0.2) is 18.7 Å². The first kappa shape index (κ1) is 12.1. The van der Waals surface area contributed by atoms with Gasteiger partial charge < -0.3 is 5.43 Å². The maximum atomic E-state index is 5.02. The van der Waals surface area contributed by atoms with E-state index >= 15 is 0 Å². The zero-order chi connectivity index (χ0) is 5.82. The molecule has 0 aliphatic heterocycles. The highest BCUT2D eigenvalue weighted by molar-refractivity contribution is 5.85. The number of anilines is 1. The van der Waals surface area contributed by atoms with Crippen LogP contribution in [0.3, 0.4) is 0 Å². The molecule has 1 aromatic rings. The molecule has 0 amide bonds. The van der Waals surface area contributed by atoms with Gasteiger partial charge in [0.1, 0.15) is 6.33 Å². The number of aromatic nitrogens is 2. The molecular weight excluding hydrogens is 175 g/mol. The molecule has 58 valence electrons. The molecule has 3 N–H and O–H groups in total. The summed E-state index contributed by atoms with van der Waals surface area (Å²) in [5.74, 6) is 5.02. The van der Waals surface area contributed by atoms with E-state index in [0.29, 0.717) is 5.69 Å². The Kier molecular flexibility index (Phi) is 7.93. The Morgan fingerprint density at radius 3 is 2.00 bits per heavy atom. The standard InChI is InChI=1S/C4H6N4.2ClH/c5-8-4-1-6-3-7-2-4;;/h1-3,8H,5H2;2*1H. The van der Waals surface area contributed by atoms with Gasteiger partial charge in [0.2, 0.25) is 0 Å². The van der Waals surface area contributed by atoms with Crippen molar-refractivity contribution in [2.75, 3.05) is 5.43 Å². The molecule has 0 fully saturated rings. The Labute approximate surface area is 71.0 Å².